The van der Waals surface area contributed by atoms with Crippen LogP contribution >= 0.6 is 23.2 Å². The van der Waals surface area contributed by atoms with Gasteiger partial charge in [-0.05, 0) is 31.2 Å². The number of rotatable bonds is 3. The second-order valence-electron chi connectivity index (χ2n) is 3.92. The van der Waals surface area contributed by atoms with Crippen molar-refractivity contribution in [1.82, 2.24) is 10.0 Å². The maximum atomic E-state index is 12.0. The average Bonchev–Trinajstić information content (AvgIpc) is 2.68. The minimum absolute atomic E-state index is 0.0715. The fraction of sp³-hybridized carbons (Fsp3) is 0.400. The van der Waals surface area contributed by atoms with Gasteiger partial charge in [0.25, 0.3) is 0 Å². The summed E-state index contributed by atoms with van der Waals surface area (Å²) in [5, 5.41) is 3.71. The van der Waals surface area contributed by atoms with Gasteiger partial charge in [0.15, 0.2) is 0 Å². The van der Waals surface area contributed by atoms with Crippen LogP contribution in [-0.2, 0) is 10.0 Å². The van der Waals surface area contributed by atoms with E-state index in [1.165, 1.54) is 18.2 Å². The Morgan fingerprint density at radius 3 is 2.41 bits per heavy atom. The van der Waals surface area contributed by atoms with Crippen LogP contribution in [0.1, 0.15) is 6.42 Å². The van der Waals surface area contributed by atoms with E-state index in [0.717, 1.165) is 13.0 Å². The van der Waals surface area contributed by atoms with Crippen LogP contribution in [0.4, 0.5) is 0 Å². The highest BCUT2D eigenvalue weighted by atomic mass is 35.5. The van der Waals surface area contributed by atoms with E-state index in [9.17, 15) is 8.42 Å². The molecule has 1 fully saturated rings. The lowest BCUT2D eigenvalue weighted by Crippen LogP contribution is -2.36. The van der Waals surface area contributed by atoms with E-state index in [2.05, 4.69) is 10.0 Å². The van der Waals surface area contributed by atoms with Crippen LogP contribution in [0.15, 0.2) is 23.1 Å². The molecule has 1 aromatic rings. The number of nitrogens with one attached hydrogen (secondary N) is 2. The molecule has 0 bridgehead atoms. The maximum Gasteiger partial charge on any atom is 0.240 e. The third-order valence-corrected chi connectivity index (χ3v) is 4.46. The molecule has 0 aliphatic carbocycles. The Hall–Kier alpha value is -0.330. The lowest BCUT2D eigenvalue weighted by Gasteiger charge is -2.12. The SMILES string of the molecule is O=S(=O)(N[C@H]1CCNC1)c1cc(Cl)cc(Cl)c1. The molecule has 0 spiro atoms. The van der Waals surface area contributed by atoms with Gasteiger partial charge in [0.2, 0.25) is 10.0 Å². The molecular formula is C10H12Cl2N2O2S. The lowest BCUT2D eigenvalue weighted by molar-refractivity contribution is 0.560. The molecule has 17 heavy (non-hydrogen) atoms. The van der Waals surface area contributed by atoms with Crippen LogP contribution in [0.25, 0.3) is 0 Å². The maximum absolute atomic E-state index is 12.0. The number of sulfonamides is 1. The third kappa shape index (κ3) is 3.33. The van der Waals surface area contributed by atoms with E-state index in [1.54, 1.807) is 0 Å². The van der Waals surface area contributed by atoms with E-state index >= 15 is 0 Å². The van der Waals surface area contributed by atoms with Crippen LogP contribution in [0, 0.1) is 0 Å². The van der Waals surface area contributed by atoms with Crippen molar-refractivity contribution in [3.05, 3.63) is 28.2 Å². The molecule has 0 aromatic heterocycles. The number of benzene rings is 1. The molecule has 2 N–H and O–H groups in total. The Morgan fingerprint density at radius 2 is 1.88 bits per heavy atom. The first kappa shape index (κ1) is 13.1. The first-order valence-electron chi connectivity index (χ1n) is 5.16. The Labute approximate surface area is 110 Å². The molecule has 2 rings (SSSR count). The molecule has 1 heterocycles. The topological polar surface area (TPSA) is 58.2 Å². The zero-order valence-corrected chi connectivity index (χ0v) is 11.2. The van der Waals surface area contributed by atoms with Crippen LogP contribution in [-0.4, -0.2) is 27.5 Å². The van der Waals surface area contributed by atoms with Gasteiger partial charge in [-0.2, -0.15) is 0 Å². The molecule has 0 unspecified atom stereocenters. The van der Waals surface area contributed by atoms with E-state index in [-0.39, 0.29) is 10.9 Å². The highest BCUT2D eigenvalue weighted by Gasteiger charge is 2.23. The molecule has 1 aliphatic heterocycles. The van der Waals surface area contributed by atoms with Gasteiger partial charge in [-0.3, -0.25) is 0 Å². The Bertz CT molecular complexity index is 493. The van der Waals surface area contributed by atoms with Crippen molar-refractivity contribution in [3.63, 3.8) is 0 Å². The second-order valence-corrected chi connectivity index (χ2v) is 6.50. The fourth-order valence-electron chi connectivity index (χ4n) is 1.73. The van der Waals surface area contributed by atoms with Crippen molar-refractivity contribution in [2.45, 2.75) is 17.4 Å². The summed E-state index contributed by atoms with van der Waals surface area (Å²) in [6.07, 6.45) is 0.785. The van der Waals surface area contributed by atoms with Gasteiger partial charge >= 0.3 is 0 Å². The van der Waals surface area contributed by atoms with Crippen molar-refractivity contribution < 1.29 is 8.42 Å². The summed E-state index contributed by atoms with van der Waals surface area (Å²) in [4.78, 5) is 0.0990. The van der Waals surface area contributed by atoms with Crippen LogP contribution in [0.3, 0.4) is 0 Å². The first-order chi connectivity index (χ1) is 7.97. The smallest absolute Gasteiger partial charge is 0.240 e. The van der Waals surface area contributed by atoms with E-state index in [0.29, 0.717) is 16.6 Å². The van der Waals surface area contributed by atoms with E-state index < -0.39 is 10.0 Å². The predicted octanol–water partition coefficient (Wildman–Crippen LogP) is 1.63. The summed E-state index contributed by atoms with van der Waals surface area (Å²) < 4.78 is 26.7. The van der Waals surface area contributed by atoms with Gasteiger partial charge < -0.3 is 5.32 Å². The second kappa shape index (κ2) is 5.12. The number of hydrogen-bond acceptors (Lipinski definition) is 3. The Balaban J connectivity index is 2.24. The Morgan fingerprint density at radius 1 is 1.24 bits per heavy atom. The molecule has 0 amide bonds. The van der Waals surface area contributed by atoms with Crippen molar-refractivity contribution >= 4 is 33.2 Å². The summed E-state index contributed by atoms with van der Waals surface area (Å²) >= 11 is 11.6. The molecule has 0 saturated carbocycles. The number of hydrogen-bond donors (Lipinski definition) is 2. The third-order valence-electron chi connectivity index (χ3n) is 2.53. The Kier molecular flexibility index (Phi) is 3.95. The summed E-state index contributed by atoms with van der Waals surface area (Å²) in [5.41, 5.74) is 0. The van der Waals surface area contributed by atoms with Crippen molar-refractivity contribution in [3.8, 4) is 0 Å². The molecule has 7 heteroatoms. The number of halogens is 2. The minimum Gasteiger partial charge on any atom is -0.315 e. The molecule has 1 aromatic carbocycles. The first-order valence-corrected chi connectivity index (χ1v) is 7.40. The van der Waals surface area contributed by atoms with E-state index in [1.807, 2.05) is 0 Å². The molecule has 0 radical (unpaired) electrons. The molecule has 1 atom stereocenters. The largest absolute Gasteiger partial charge is 0.315 e. The normalized spacial score (nSPS) is 20.7. The molecule has 4 nitrogen and oxygen atoms in total. The predicted molar refractivity (Wildman–Crippen MR) is 68.1 cm³/mol. The fourth-order valence-corrected chi connectivity index (χ4v) is 3.72. The summed E-state index contributed by atoms with van der Waals surface area (Å²) in [5.74, 6) is 0. The quantitative estimate of drug-likeness (QED) is 0.891. The van der Waals surface area contributed by atoms with Gasteiger partial charge in [-0.15, -0.1) is 0 Å². The van der Waals surface area contributed by atoms with Gasteiger partial charge in [-0.1, -0.05) is 23.2 Å². The highest BCUT2D eigenvalue weighted by molar-refractivity contribution is 7.89. The van der Waals surface area contributed by atoms with Crippen LogP contribution in [0.2, 0.25) is 10.0 Å². The summed E-state index contributed by atoms with van der Waals surface area (Å²) in [7, 11) is -3.55. The molecule has 94 valence electrons. The molecule has 1 saturated heterocycles. The van der Waals surface area contributed by atoms with Gasteiger partial charge in [0.1, 0.15) is 0 Å². The van der Waals surface area contributed by atoms with Gasteiger partial charge in [0.05, 0.1) is 4.90 Å². The highest BCUT2D eigenvalue weighted by Crippen LogP contribution is 2.22. The van der Waals surface area contributed by atoms with Crippen molar-refractivity contribution in [1.29, 1.82) is 0 Å². The standard InChI is InChI=1S/C10H12Cl2N2O2S/c11-7-3-8(12)5-10(4-7)17(15,16)14-9-1-2-13-6-9/h3-5,9,13-14H,1-2,6H2/t9-/m0/s1. The van der Waals surface area contributed by atoms with Crippen LogP contribution in [0.5, 0.6) is 0 Å². The summed E-state index contributed by atoms with van der Waals surface area (Å²) in [6, 6.07) is 4.20. The zero-order chi connectivity index (χ0) is 12.5. The van der Waals surface area contributed by atoms with Gasteiger partial charge in [-0.25, -0.2) is 13.1 Å². The van der Waals surface area contributed by atoms with E-state index in [4.69, 9.17) is 23.2 Å². The monoisotopic (exact) mass is 294 g/mol. The zero-order valence-electron chi connectivity index (χ0n) is 8.91. The summed E-state index contributed by atoms with van der Waals surface area (Å²) in [6.45, 7) is 1.47. The average molecular weight is 295 g/mol. The van der Waals surface area contributed by atoms with Crippen molar-refractivity contribution in [2.24, 2.45) is 0 Å². The minimum atomic E-state index is -3.55. The molecule has 1 aliphatic rings. The van der Waals surface area contributed by atoms with Crippen LogP contribution < -0.4 is 10.0 Å². The van der Waals surface area contributed by atoms with Gasteiger partial charge in [0, 0.05) is 22.6 Å². The lowest BCUT2D eigenvalue weighted by atomic mass is 10.3. The molecular weight excluding hydrogens is 283 g/mol. The van der Waals surface area contributed by atoms with Crippen molar-refractivity contribution in [2.75, 3.05) is 13.1 Å².